The predicted octanol–water partition coefficient (Wildman–Crippen LogP) is 4.47. The molecule has 4 nitrogen and oxygen atoms in total. The van der Waals surface area contributed by atoms with Crippen molar-refractivity contribution >= 4 is 6.09 Å². The van der Waals surface area contributed by atoms with E-state index < -0.39 is 0 Å². The molecule has 2 bridgehead atoms. The Bertz CT molecular complexity index is 673. The number of carbonyl (C=O) groups excluding carboxylic acids is 1. The number of hydrogen-bond donors (Lipinski definition) is 0. The van der Waals surface area contributed by atoms with E-state index in [2.05, 4.69) is 11.8 Å². The molecule has 3 aliphatic rings. The van der Waals surface area contributed by atoms with E-state index in [1.807, 2.05) is 17.9 Å². The first-order valence-electron chi connectivity index (χ1n) is 10.5. The summed E-state index contributed by atoms with van der Waals surface area (Å²) in [5.74, 6) is 0.342. The van der Waals surface area contributed by atoms with Crippen molar-refractivity contribution in [2.24, 2.45) is 0 Å². The summed E-state index contributed by atoms with van der Waals surface area (Å²) in [6.45, 7) is 6.56. The quantitative estimate of drug-likeness (QED) is 0.783. The molecule has 0 spiro atoms. The van der Waals surface area contributed by atoms with Crippen molar-refractivity contribution in [3.8, 4) is 0 Å². The summed E-state index contributed by atoms with van der Waals surface area (Å²) in [6, 6.07) is 6.45. The van der Waals surface area contributed by atoms with Gasteiger partial charge >= 0.3 is 6.09 Å². The first-order chi connectivity index (χ1) is 13.1. The summed E-state index contributed by atoms with van der Waals surface area (Å²) in [6.07, 6.45) is 6.43. The summed E-state index contributed by atoms with van der Waals surface area (Å²) >= 11 is 0. The van der Waals surface area contributed by atoms with Gasteiger partial charge in [-0.25, -0.2) is 9.18 Å². The third-order valence-corrected chi connectivity index (χ3v) is 6.91. The SMILES string of the molecule is CCOC(=O)N1[C@@H]2CC[C@@H]1CC(N1CCC(c3cc(F)ccc3C)CC1)C2. The van der Waals surface area contributed by atoms with Crippen molar-refractivity contribution in [1.82, 2.24) is 9.80 Å². The van der Waals surface area contributed by atoms with Crippen molar-refractivity contribution in [2.45, 2.75) is 76.4 Å². The number of carbonyl (C=O) groups is 1. The molecule has 0 unspecified atom stereocenters. The van der Waals surface area contributed by atoms with Crippen molar-refractivity contribution in [1.29, 1.82) is 0 Å². The number of piperidine rings is 2. The maximum Gasteiger partial charge on any atom is 0.410 e. The van der Waals surface area contributed by atoms with Crippen LogP contribution in [0.4, 0.5) is 9.18 Å². The Kier molecular flexibility index (Phi) is 5.40. The van der Waals surface area contributed by atoms with Gasteiger partial charge in [0, 0.05) is 18.1 Å². The van der Waals surface area contributed by atoms with Crippen molar-refractivity contribution in [3.05, 3.63) is 35.1 Å². The lowest BCUT2D eigenvalue weighted by Gasteiger charge is -2.45. The topological polar surface area (TPSA) is 32.8 Å². The van der Waals surface area contributed by atoms with Crippen molar-refractivity contribution in [2.75, 3.05) is 19.7 Å². The molecule has 1 amide bonds. The third kappa shape index (κ3) is 3.71. The molecule has 0 aromatic heterocycles. The van der Waals surface area contributed by atoms with E-state index in [0.717, 1.165) is 51.6 Å². The van der Waals surface area contributed by atoms with Crippen molar-refractivity contribution in [3.63, 3.8) is 0 Å². The minimum Gasteiger partial charge on any atom is -0.450 e. The highest BCUT2D eigenvalue weighted by Crippen LogP contribution is 2.40. The molecule has 0 saturated carbocycles. The van der Waals surface area contributed by atoms with Gasteiger partial charge in [-0.15, -0.1) is 0 Å². The highest BCUT2D eigenvalue weighted by Gasteiger charge is 2.45. The Hall–Kier alpha value is -1.62. The molecule has 148 valence electrons. The minimum atomic E-state index is -0.124. The number of likely N-dealkylation sites (tertiary alicyclic amines) is 1. The lowest BCUT2D eigenvalue weighted by Crippen LogP contribution is -2.53. The smallest absolute Gasteiger partial charge is 0.410 e. The third-order valence-electron chi connectivity index (χ3n) is 6.91. The summed E-state index contributed by atoms with van der Waals surface area (Å²) in [5, 5.41) is 0. The van der Waals surface area contributed by atoms with Gasteiger partial charge in [0.2, 0.25) is 0 Å². The fourth-order valence-electron chi connectivity index (χ4n) is 5.57. The number of rotatable bonds is 3. The molecule has 3 heterocycles. The van der Waals surface area contributed by atoms with Crippen molar-refractivity contribution < 1.29 is 13.9 Å². The van der Waals surface area contributed by atoms with Gasteiger partial charge in [0.15, 0.2) is 0 Å². The van der Waals surface area contributed by atoms with Crippen LogP contribution in [0.1, 0.15) is 62.5 Å². The lowest BCUT2D eigenvalue weighted by atomic mass is 9.85. The number of aryl methyl sites for hydroxylation is 1. The molecule has 3 fully saturated rings. The number of halogens is 1. The second-order valence-electron chi connectivity index (χ2n) is 8.43. The van der Waals surface area contributed by atoms with Gasteiger partial charge in [-0.2, -0.15) is 0 Å². The highest BCUT2D eigenvalue weighted by atomic mass is 19.1. The first kappa shape index (κ1) is 18.7. The number of nitrogens with zero attached hydrogens (tertiary/aromatic N) is 2. The standard InChI is InChI=1S/C22H31FN2O2/c1-3-27-22(26)25-18-6-7-19(25)14-20(13-18)24-10-8-16(9-11-24)21-12-17(23)5-4-15(21)2/h4-5,12,16,18-20H,3,6-11,13-14H2,1-2H3/t18-,19-/m1/s1. The molecule has 5 heteroatoms. The molecule has 27 heavy (non-hydrogen) atoms. The Morgan fingerprint density at radius 1 is 1.11 bits per heavy atom. The Balaban J connectivity index is 1.36. The van der Waals surface area contributed by atoms with E-state index in [0.29, 0.717) is 30.7 Å². The van der Waals surface area contributed by atoms with Crippen LogP contribution in [0.5, 0.6) is 0 Å². The molecular weight excluding hydrogens is 343 g/mol. The van der Waals surface area contributed by atoms with E-state index >= 15 is 0 Å². The molecule has 3 saturated heterocycles. The predicted molar refractivity (Wildman–Crippen MR) is 103 cm³/mol. The fourth-order valence-corrected chi connectivity index (χ4v) is 5.57. The summed E-state index contributed by atoms with van der Waals surface area (Å²) in [5.41, 5.74) is 2.39. The van der Waals surface area contributed by atoms with Crippen LogP contribution in [0.25, 0.3) is 0 Å². The van der Waals surface area contributed by atoms with E-state index in [4.69, 9.17) is 4.74 Å². The maximum absolute atomic E-state index is 13.7. The zero-order chi connectivity index (χ0) is 19.0. The average molecular weight is 375 g/mol. The normalized spacial score (nSPS) is 29.1. The monoisotopic (exact) mass is 374 g/mol. The molecule has 2 atom stereocenters. The molecular formula is C22H31FN2O2. The van der Waals surface area contributed by atoms with Crippen LogP contribution in [0.15, 0.2) is 18.2 Å². The Labute approximate surface area is 161 Å². The first-order valence-corrected chi connectivity index (χ1v) is 10.5. The van der Waals surface area contributed by atoms with E-state index in [1.165, 1.54) is 11.1 Å². The van der Waals surface area contributed by atoms with Crippen LogP contribution < -0.4 is 0 Å². The summed E-state index contributed by atoms with van der Waals surface area (Å²) < 4.78 is 18.9. The van der Waals surface area contributed by atoms with Crippen LogP contribution in [0, 0.1) is 12.7 Å². The molecule has 3 aliphatic heterocycles. The number of amides is 1. The summed E-state index contributed by atoms with van der Waals surface area (Å²) in [7, 11) is 0. The zero-order valence-electron chi connectivity index (χ0n) is 16.5. The zero-order valence-corrected chi connectivity index (χ0v) is 16.5. The fraction of sp³-hybridized carbons (Fsp3) is 0.682. The van der Waals surface area contributed by atoms with Gasteiger partial charge in [-0.3, -0.25) is 0 Å². The van der Waals surface area contributed by atoms with Gasteiger partial charge in [-0.05, 0) is 94.6 Å². The molecule has 4 rings (SSSR count). The van der Waals surface area contributed by atoms with Crippen LogP contribution in [-0.4, -0.2) is 53.7 Å². The second-order valence-corrected chi connectivity index (χ2v) is 8.43. The molecule has 0 radical (unpaired) electrons. The van der Waals surface area contributed by atoms with Gasteiger partial charge in [0.25, 0.3) is 0 Å². The second kappa shape index (κ2) is 7.78. The number of hydrogen-bond acceptors (Lipinski definition) is 3. The van der Waals surface area contributed by atoms with Crippen LogP contribution in [0.2, 0.25) is 0 Å². The van der Waals surface area contributed by atoms with E-state index in [-0.39, 0.29) is 11.9 Å². The molecule has 0 aliphatic carbocycles. The Morgan fingerprint density at radius 3 is 2.41 bits per heavy atom. The van der Waals surface area contributed by atoms with Crippen LogP contribution >= 0.6 is 0 Å². The highest BCUT2D eigenvalue weighted by molar-refractivity contribution is 5.69. The Morgan fingerprint density at radius 2 is 1.78 bits per heavy atom. The minimum absolute atomic E-state index is 0.122. The number of benzene rings is 1. The number of ether oxygens (including phenoxy) is 1. The number of fused-ring (bicyclic) bond motifs is 2. The largest absolute Gasteiger partial charge is 0.450 e. The van der Waals surface area contributed by atoms with E-state index in [1.54, 1.807) is 12.1 Å². The van der Waals surface area contributed by atoms with Gasteiger partial charge in [0.05, 0.1) is 6.61 Å². The van der Waals surface area contributed by atoms with Gasteiger partial charge in [0.1, 0.15) is 5.82 Å². The maximum atomic E-state index is 13.7. The van der Waals surface area contributed by atoms with Crippen LogP contribution in [-0.2, 0) is 4.74 Å². The van der Waals surface area contributed by atoms with Gasteiger partial charge in [-0.1, -0.05) is 6.07 Å². The molecule has 1 aromatic rings. The van der Waals surface area contributed by atoms with Gasteiger partial charge < -0.3 is 14.5 Å². The average Bonchev–Trinajstić information content (AvgIpc) is 2.94. The van der Waals surface area contributed by atoms with E-state index in [9.17, 15) is 9.18 Å². The lowest BCUT2D eigenvalue weighted by molar-refractivity contribution is 0.0341. The molecule has 1 aromatic carbocycles. The summed E-state index contributed by atoms with van der Waals surface area (Å²) in [4.78, 5) is 16.9. The molecule has 0 N–H and O–H groups in total. The van der Waals surface area contributed by atoms with Crippen LogP contribution in [0.3, 0.4) is 0 Å².